The molecule has 2 heterocycles. The van der Waals surface area contributed by atoms with Crippen molar-refractivity contribution in [2.24, 2.45) is 0 Å². The molecule has 2 fully saturated rings. The molecule has 2 rings (SSSR count). The van der Waals surface area contributed by atoms with E-state index in [2.05, 4.69) is 31.0 Å². The summed E-state index contributed by atoms with van der Waals surface area (Å²) in [5.74, 6) is 0. The third kappa shape index (κ3) is 1.81. The molecule has 0 bridgehead atoms. The molecule has 2 atom stereocenters. The minimum atomic E-state index is 0.229. The first-order valence-electron chi connectivity index (χ1n) is 5.75. The molecule has 0 aromatic heterocycles. The van der Waals surface area contributed by atoms with Gasteiger partial charge in [-0.3, -0.25) is 10.2 Å². The first kappa shape index (κ1) is 10.4. The van der Waals surface area contributed by atoms with Crippen LogP contribution in [0, 0.1) is 0 Å². The maximum atomic E-state index is 5.51. The van der Waals surface area contributed by atoms with E-state index in [1.807, 2.05) is 0 Å². The van der Waals surface area contributed by atoms with Crippen molar-refractivity contribution in [3.8, 4) is 0 Å². The van der Waals surface area contributed by atoms with Crippen LogP contribution in [-0.4, -0.2) is 42.4 Å². The standard InChI is InChI=1S/C11H22N2O/c1-9(2)13(8-10-4-7-14-10)11(3)5-6-12-11/h9-10,12H,4-8H2,1-3H3/t10-,11?/m0/s1. The number of hydrogen-bond donors (Lipinski definition) is 1. The molecule has 0 spiro atoms. The van der Waals surface area contributed by atoms with Crippen LogP contribution in [-0.2, 0) is 4.74 Å². The van der Waals surface area contributed by atoms with Gasteiger partial charge in [-0.2, -0.15) is 0 Å². The van der Waals surface area contributed by atoms with E-state index >= 15 is 0 Å². The number of ether oxygens (including phenoxy) is 1. The SMILES string of the molecule is CC(C)N(C[C@@H]1CCO1)C1(C)CCN1. The smallest absolute Gasteiger partial charge is 0.0724 e. The topological polar surface area (TPSA) is 24.5 Å². The summed E-state index contributed by atoms with van der Waals surface area (Å²) in [7, 11) is 0. The van der Waals surface area contributed by atoms with Crippen molar-refractivity contribution in [2.45, 2.75) is 51.4 Å². The number of nitrogens with zero attached hydrogens (tertiary/aromatic N) is 1. The van der Waals surface area contributed by atoms with Crippen molar-refractivity contribution in [1.82, 2.24) is 10.2 Å². The Kier molecular flexibility index (Phi) is 2.82. The highest BCUT2D eigenvalue weighted by Crippen LogP contribution is 2.27. The maximum Gasteiger partial charge on any atom is 0.0724 e. The van der Waals surface area contributed by atoms with Gasteiger partial charge in [0.2, 0.25) is 0 Å². The van der Waals surface area contributed by atoms with Gasteiger partial charge in [0.05, 0.1) is 11.8 Å². The van der Waals surface area contributed by atoms with Crippen LogP contribution in [0.1, 0.15) is 33.6 Å². The number of rotatable bonds is 4. The zero-order valence-electron chi connectivity index (χ0n) is 9.55. The normalized spacial score (nSPS) is 37.1. The lowest BCUT2D eigenvalue weighted by atomic mass is 9.95. The molecule has 3 heteroatoms. The van der Waals surface area contributed by atoms with Crippen molar-refractivity contribution < 1.29 is 4.74 Å². The Hall–Kier alpha value is -0.120. The average Bonchev–Trinajstić information content (AvgIpc) is 1.97. The second kappa shape index (κ2) is 3.80. The molecule has 1 unspecified atom stereocenters. The Morgan fingerprint density at radius 2 is 2.21 bits per heavy atom. The zero-order valence-corrected chi connectivity index (χ0v) is 9.55. The summed E-state index contributed by atoms with van der Waals surface area (Å²) in [6.45, 7) is 10.0. The fourth-order valence-electron chi connectivity index (χ4n) is 2.36. The average molecular weight is 198 g/mol. The van der Waals surface area contributed by atoms with Gasteiger partial charge in [-0.1, -0.05) is 0 Å². The Morgan fingerprint density at radius 3 is 2.50 bits per heavy atom. The van der Waals surface area contributed by atoms with E-state index in [4.69, 9.17) is 4.74 Å². The van der Waals surface area contributed by atoms with Crippen LogP contribution in [0.3, 0.4) is 0 Å². The first-order valence-corrected chi connectivity index (χ1v) is 5.75. The summed E-state index contributed by atoms with van der Waals surface area (Å²) in [6.07, 6.45) is 2.98. The quantitative estimate of drug-likeness (QED) is 0.734. The van der Waals surface area contributed by atoms with Crippen LogP contribution >= 0.6 is 0 Å². The molecular weight excluding hydrogens is 176 g/mol. The Balaban J connectivity index is 1.92. The Bertz CT molecular complexity index is 197. The minimum absolute atomic E-state index is 0.229. The van der Waals surface area contributed by atoms with Crippen LogP contribution < -0.4 is 5.32 Å². The van der Waals surface area contributed by atoms with Gasteiger partial charge < -0.3 is 4.74 Å². The van der Waals surface area contributed by atoms with E-state index in [9.17, 15) is 0 Å². The van der Waals surface area contributed by atoms with E-state index < -0.39 is 0 Å². The van der Waals surface area contributed by atoms with E-state index in [1.165, 1.54) is 12.8 Å². The molecule has 0 saturated carbocycles. The molecule has 82 valence electrons. The second-order valence-electron chi connectivity index (χ2n) is 4.98. The molecule has 2 aliphatic rings. The first-order chi connectivity index (χ1) is 6.62. The van der Waals surface area contributed by atoms with Crippen molar-refractivity contribution in [1.29, 1.82) is 0 Å². The van der Waals surface area contributed by atoms with Crippen LogP contribution in [0.25, 0.3) is 0 Å². The van der Waals surface area contributed by atoms with Crippen molar-refractivity contribution in [2.75, 3.05) is 19.7 Å². The van der Waals surface area contributed by atoms with Crippen LogP contribution in [0.5, 0.6) is 0 Å². The van der Waals surface area contributed by atoms with Gasteiger partial charge in [0.25, 0.3) is 0 Å². The lowest BCUT2D eigenvalue weighted by molar-refractivity contribution is -0.106. The van der Waals surface area contributed by atoms with E-state index in [1.54, 1.807) is 0 Å². The van der Waals surface area contributed by atoms with Gasteiger partial charge in [-0.25, -0.2) is 0 Å². The molecule has 0 amide bonds. The summed E-state index contributed by atoms with van der Waals surface area (Å²) in [5.41, 5.74) is 0.229. The molecule has 0 aliphatic carbocycles. The molecule has 0 aromatic rings. The number of nitrogens with one attached hydrogen (secondary N) is 1. The maximum absolute atomic E-state index is 5.51. The molecule has 3 nitrogen and oxygen atoms in total. The molecular formula is C11H22N2O. The summed E-state index contributed by atoms with van der Waals surface area (Å²) in [6, 6.07) is 0.594. The Morgan fingerprint density at radius 1 is 1.57 bits per heavy atom. The lowest BCUT2D eigenvalue weighted by Gasteiger charge is -2.52. The second-order valence-corrected chi connectivity index (χ2v) is 4.98. The summed E-state index contributed by atoms with van der Waals surface area (Å²) < 4.78 is 5.51. The van der Waals surface area contributed by atoms with Crippen molar-refractivity contribution >= 4 is 0 Å². The highest BCUT2D eigenvalue weighted by Gasteiger charge is 2.40. The summed E-state index contributed by atoms with van der Waals surface area (Å²) in [5, 5.41) is 3.53. The van der Waals surface area contributed by atoms with Gasteiger partial charge in [0, 0.05) is 19.2 Å². The predicted octanol–water partition coefficient (Wildman–Crippen LogP) is 1.20. The van der Waals surface area contributed by atoms with Crippen LogP contribution in [0.2, 0.25) is 0 Å². The van der Waals surface area contributed by atoms with Gasteiger partial charge in [-0.05, 0) is 40.2 Å². The van der Waals surface area contributed by atoms with Crippen molar-refractivity contribution in [3.63, 3.8) is 0 Å². The number of hydrogen-bond acceptors (Lipinski definition) is 3. The molecule has 0 aromatic carbocycles. The third-order valence-electron chi connectivity index (χ3n) is 3.57. The predicted molar refractivity (Wildman–Crippen MR) is 57.2 cm³/mol. The molecule has 0 radical (unpaired) electrons. The van der Waals surface area contributed by atoms with E-state index in [-0.39, 0.29) is 5.66 Å². The third-order valence-corrected chi connectivity index (χ3v) is 3.57. The van der Waals surface area contributed by atoms with Gasteiger partial charge in [0.15, 0.2) is 0 Å². The molecule has 2 aliphatic heterocycles. The monoisotopic (exact) mass is 198 g/mol. The fraction of sp³-hybridized carbons (Fsp3) is 1.00. The molecule has 14 heavy (non-hydrogen) atoms. The molecule has 1 N–H and O–H groups in total. The fourth-order valence-corrected chi connectivity index (χ4v) is 2.36. The lowest BCUT2D eigenvalue weighted by Crippen LogP contribution is -2.68. The van der Waals surface area contributed by atoms with Gasteiger partial charge in [-0.15, -0.1) is 0 Å². The Labute approximate surface area is 86.8 Å². The summed E-state index contributed by atoms with van der Waals surface area (Å²) >= 11 is 0. The van der Waals surface area contributed by atoms with Crippen LogP contribution in [0.4, 0.5) is 0 Å². The van der Waals surface area contributed by atoms with Gasteiger partial charge in [0.1, 0.15) is 0 Å². The van der Waals surface area contributed by atoms with E-state index in [0.29, 0.717) is 12.1 Å². The van der Waals surface area contributed by atoms with Crippen LogP contribution in [0.15, 0.2) is 0 Å². The molecule has 2 saturated heterocycles. The highest BCUT2D eigenvalue weighted by molar-refractivity contribution is 4.95. The zero-order chi connectivity index (χ0) is 10.2. The van der Waals surface area contributed by atoms with E-state index in [0.717, 1.165) is 19.7 Å². The summed E-state index contributed by atoms with van der Waals surface area (Å²) in [4.78, 5) is 2.54. The van der Waals surface area contributed by atoms with Gasteiger partial charge >= 0.3 is 0 Å². The highest BCUT2D eigenvalue weighted by atomic mass is 16.5. The van der Waals surface area contributed by atoms with Crippen molar-refractivity contribution in [3.05, 3.63) is 0 Å². The minimum Gasteiger partial charge on any atom is -0.377 e. The largest absolute Gasteiger partial charge is 0.377 e.